The van der Waals surface area contributed by atoms with E-state index in [4.69, 9.17) is 16.3 Å². The van der Waals surface area contributed by atoms with Gasteiger partial charge >= 0.3 is 0 Å². The molecule has 0 unspecified atom stereocenters. The molecule has 0 aliphatic rings. The van der Waals surface area contributed by atoms with E-state index in [9.17, 15) is 13.2 Å². The number of benzene rings is 2. The minimum absolute atomic E-state index is 0.0784. The van der Waals surface area contributed by atoms with E-state index < -0.39 is 10.0 Å². The predicted molar refractivity (Wildman–Crippen MR) is 125 cm³/mol. The van der Waals surface area contributed by atoms with Crippen molar-refractivity contribution in [2.45, 2.75) is 18.6 Å². The fourth-order valence-corrected chi connectivity index (χ4v) is 4.65. The lowest BCUT2D eigenvalue weighted by molar-refractivity contribution is -0.121. The van der Waals surface area contributed by atoms with Gasteiger partial charge in [0.15, 0.2) is 0 Å². The molecule has 2 rings (SSSR count). The molecule has 0 saturated heterocycles. The van der Waals surface area contributed by atoms with Crippen LogP contribution in [-0.4, -0.2) is 46.5 Å². The third kappa shape index (κ3) is 8.45. The maximum atomic E-state index is 12.1. The Hall–Kier alpha value is -1.90. The lowest BCUT2D eigenvalue weighted by atomic mass is 10.2. The lowest BCUT2D eigenvalue weighted by Gasteiger charge is -2.22. The number of thioether (sulfide) groups is 1. The van der Waals surface area contributed by atoms with Crippen LogP contribution in [0.3, 0.4) is 0 Å². The van der Waals surface area contributed by atoms with Crippen LogP contribution in [0.1, 0.15) is 18.4 Å². The Morgan fingerprint density at radius 3 is 2.40 bits per heavy atom. The van der Waals surface area contributed by atoms with Crippen molar-refractivity contribution in [1.82, 2.24) is 5.32 Å². The average Bonchev–Trinajstić information content (AvgIpc) is 2.71. The van der Waals surface area contributed by atoms with Crippen molar-refractivity contribution in [2.24, 2.45) is 0 Å². The predicted octanol–water partition coefficient (Wildman–Crippen LogP) is 3.94. The molecular formula is C21H27ClN2O4S2. The monoisotopic (exact) mass is 470 g/mol. The number of nitrogens with one attached hydrogen (secondary N) is 1. The third-order valence-electron chi connectivity index (χ3n) is 4.28. The molecule has 1 N–H and O–H groups in total. The molecule has 0 aromatic heterocycles. The van der Waals surface area contributed by atoms with Crippen molar-refractivity contribution in [3.63, 3.8) is 0 Å². The molecule has 0 radical (unpaired) electrons. The van der Waals surface area contributed by atoms with Gasteiger partial charge in [0.05, 0.1) is 19.1 Å². The first kappa shape index (κ1) is 24.4. The number of carbonyl (C=O) groups excluding carboxylic acids is 1. The van der Waals surface area contributed by atoms with Crippen molar-refractivity contribution >= 4 is 45.0 Å². The summed E-state index contributed by atoms with van der Waals surface area (Å²) in [6.07, 6.45) is 1.86. The molecule has 0 heterocycles. The molecule has 0 aliphatic heterocycles. The standard InChI is InChI=1S/C21H27ClN2O4S2/c1-28-20-11-9-19(10-12-20)24(30(2,26)27)14-3-4-21(25)23-13-15-29-16-17-5-7-18(22)8-6-17/h5-12H,3-4,13-16H2,1-2H3,(H,23,25). The SMILES string of the molecule is COc1ccc(N(CCCC(=O)NCCSCc2ccc(Cl)cc2)S(C)(=O)=O)cc1. The normalized spacial score (nSPS) is 11.2. The minimum atomic E-state index is -3.44. The maximum absolute atomic E-state index is 12.1. The van der Waals surface area contributed by atoms with Gasteiger partial charge in [0.2, 0.25) is 15.9 Å². The molecule has 0 aliphatic carbocycles. The van der Waals surface area contributed by atoms with Crippen LogP contribution < -0.4 is 14.4 Å². The second kappa shape index (κ2) is 12.1. The summed E-state index contributed by atoms with van der Waals surface area (Å²) >= 11 is 7.60. The molecule has 0 atom stereocenters. The summed E-state index contributed by atoms with van der Waals surface area (Å²) < 4.78 is 30.7. The second-order valence-electron chi connectivity index (χ2n) is 6.67. The van der Waals surface area contributed by atoms with E-state index in [2.05, 4.69) is 5.32 Å². The Kier molecular flexibility index (Phi) is 9.81. The van der Waals surface area contributed by atoms with Gasteiger partial charge in [0, 0.05) is 36.0 Å². The number of hydrogen-bond donors (Lipinski definition) is 1. The molecule has 0 bridgehead atoms. The molecule has 2 aromatic carbocycles. The van der Waals surface area contributed by atoms with Crippen LogP contribution >= 0.6 is 23.4 Å². The summed E-state index contributed by atoms with van der Waals surface area (Å²) in [4.78, 5) is 12.0. The van der Waals surface area contributed by atoms with Gasteiger partial charge in [-0.1, -0.05) is 23.7 Å². The van der Waals surface area contributed by atoms with E-state index in [0.717, 1.165) is 22.8 Å². The van der Waals surface area contributed by atoms with Gasteiger partial charge in [0.25, 0.3) is 0 Å². The van der Waals surface area contributed by atoms with Crippen LogP contribution in [0.15, 0.2) is 48.5 Å². The van der Waals surface area contributed by atoms with E-state index in [-0.39, 0.29) is 18.9 Å². The fourth-order valence-electron chi connectivity index (χ4n) is 2.74. The molecule has 30 heavy (non-hydrogen) atoms. The molecule has 6 nitrogen and oxygen atoms in total. The van der Waals surface area contributed by atoms with Gasteiger partial charge in [-0.05, 0) is 48.4 Å². The first-order valence-corrected chi connectivity index (χ1v) is 12.9. The number of halogens is 1. The van der Waals surface area contributed by atoms with E-state index >= 15 is 0 Å². The molecule has 9 heteroatoms. The molecule has 164 valence electrons. The topological polar surface area (TPSA) is 75.7 Å². The molecule has 2 aromatic rings. The smallest absolute Gasteiger partial charge is 0.232 e. The summed E-state index contributed by atoms with van der Waals surface area (Å²) in [5.41, 5.74) is 1.74. The number of sulfonamides is 1. The van der Waals surface area contributed by atoms with E-state index in [0.29, 0.717) is 24.4 Å². The number of carbonyl (C=O) groups is 1. The largest absolute Gasteiger partial charge is 0.497 e. The third-order valence-corrected chi connectivity index (χ3v) is 6.75. The van der Waals surface area contributed by atoms with Gasteiger partial charge in [-0.15, -0.1) is 0 Å². The Balaban J connectivity index is 1.70. The average molecular weight is 471 g/mol. The van der Waals surface area contributed by atoms with Crippen molar-refractivity contribution in [1.29, 1.82) is 0 Å². The van der Waals surface area contributed by atoms with Gasteiger partial charge < -0.3 is 10.1 Å². The number of amides is 1. The highest BCUT2D eigenvalue weighted by molar-refractivity contribution is 7.98. The Morgan fingerprint density at radius 1 is 1.13 bits per heavy atom. The Bertz CT molecular complexity index is 904. The van der Waals surface area contributed by atoms with Crippen LogP contribution in [-0.2, 0) is 20.6 Å². The first-order chi connectivity index (χ1) is 14.3. The zero-order valence-corrected chi connectivity index (χ0v) is 19.5. The van der Waals surface area contributed by atoms with Crippen LogP contribution in [0.5, 0.6) is 5.75 Å². The number of hydrogen-bond acceptors (Lipinski definition) is 5. The lowest BCUT2D eigenvalue weighted by Crippen LogP contribution is -2.32. The molecular weight excluding hydrogens is 444 g/mol. The van der Waals surface area contributed by atoms with Gasteiger partial charge in [-0.25, -0.2) is 8.42 Å². The summed E-state index contributed by atoms with van der Waals surface area (Å²) in [6.45, 7) is 0.815. The van der Waals surface area contributed by atoms with Gasteiger partial charge in [0.1, 0.15) is 5.75 Å². The number of ether oxygens (including phenoxy) is 1. The number of methoxy groups -OCH3 is 1. The first-order valence-electron chi connectivity index (χ1n) is 9.50. The number of nitrogens with zero attached hydrogens (tertiary/aromatic N) is 1. The molecule has 1 amide bonds. The Labute approximate surface area is 188 Å². The number of rotatable bonds is 12. The maximum Gasteiger partial charge on any atom is 0.232 e. The van der Waals surface area contributed by atoms with Gasteiger partial charge in [-0.3, -0.25) is 9.10 Å². The van der Waals surface area contributed by atoms with Crippen LogP contribution in [0.2, 0.25) is 5.02 Å². The number of anilines is 1. The molecule has 0 saturated carbocycles. The summed E-state index contributed by atoms with van der Waals surface area (Å²) in [7, 11) is -1.89. The van der Waals surface area contributed by atoms with Crippen LogP contribution in [0, 0.1) is 0 Å². The summed E-state index contributed by atoms with van der Waals surface area (Å²) in [5, 5.41) is 3.60. The van der Waals surface area contributed by atoms with Crippen LogP contribution in [0.25, 0.3) is 0 Å². The van der Waals surface area contributed by atoms with Crippen molar-refractivity contribution in [2.75, 3.05) is 36.5 Å². The minimum Gasteiger partial charge on any atom is -0.497 e. The van der Waals surface area contributed by atoms with Gasteiger partial charge in [-0.2, -0.15) is 11.8 Å². The summed E-state index contributed by atoms with van der Waals surface area (Å²) in [5.74, 6) is 2.24. The zero-order chi connectivity index (χ0) is 22.0. The second-order valence-corrected chi connectivity index (χ2v) is 10.1. The zero-order valence-electron chi connectivity index (χ0n) is 17.1. The van der Waals surface area contributed by atoms with Crippen molar-refractivity contribution in [3.8, 4) is 5.75 Å². The highest BCUT2D eigenvalue weighted by Gasteiger charge is 2.17. The van der Waals surface area contributed by atoms with E-state index in [1.165, 1.54) is 9.87 Å². The van der Waals surface area contributed by atoms with Crippen molar-refractivity contribution < 1.29 is 17.9 Å². The Morgan fingerprint density at radius 2 is 1.80 bits per heavy atom. The van der Waals surface area contributed by atoms with Crippen LogP contribution in [0.4, 0.5) is 5.69 Å². The van der Waals surface area contributed by atoms with E-state index in [1.54, 1.807) is 43.1 Å². The van der Waals surface area contributed by atoms with E-state index in [1.807, 2.05) is 24.3 Å². The molecule has 0 spiro atoms. The quantitative estimate of drug-likeness (QED) is 0.475. The fraction of sp³-hybridized carbons (Fsp3) is 0.381. The molecule has 0 fully saturated rings. The highest BCUT2D eigenvalue weighted by atomic mass is 35.5. The van der Waals surface area contributed by atoms with Crippen molar-refractivity contribution in [3.05, 3.63) is 59.1 Å². The summed E-state index contributed by atoms with van der Waals surface area (Å²) in [6, 6.07) is 14.5. The highest BCUT2D eigenvalue weighted by Crippen LogP contribution is 2.22.